The quantitative estimate of drug-likeness (QED) is 0.683. The first-order valence-electron chi connectivity index (χ1n) is 5.53. The van der Waals surface area contributed by atoms with Gasteiger partial charge in [-0.05, 0) is 12.1 Å². The fourth-order valence-electron chi connectivity index (χ4n) is 2.00. The summed E-state index contributed by atoms with van der Waals surface area (Å²) in [6.45, 7) is 0. The number of phenols is 1. The topological polar surface area (TPSA) is 66.0 Å². The van der Waals surface area contributed by atoms with Crippen molar-refractivity contribution in [2.24, 2.45) is 0 Å². The van der Waals surface area contributed by atoms with Crippen LogP contribution in [-0.2, 0) is 0 Å². The lowest BCUT2D eigenvalue weighted by Gasteiger charge is -2.06. The van der Waals surface area contributed by atoms with Crippen LogP contribution >= 0.6 is 0 Å². The van der Waals surface area contributed by atoms with E-state index in [2.05, 4.69) is 9.97 Å². The van der Waals surface area contributed by atoms with Gasteiger partial charge in [-0.2, -0.15) is 4.98 Å². The highest BCUT2D eigenvalue weighted by atomic mass is 16.3. The van der Waals surface area contributed by atoms with Crippen LogP contribution in [0, 0.1) is 0 Å². The number of nitrogens with zero attached hydrogens (tertiary/aromatic N) is 1. The summed E-state index contributed by atoms with van der Waals surface area (Å²) < 4.78 is 0. The van der Waals surface area contributed by atoms with Gasteiger partial charge in [0.25, 0.3) is 0 Å². The van der Waals surface area contributed by atoms with Crippen LogP contribution in [-0.4, -0.2) is 15.1 Å². The normalized spacial score (nSPS) is 10.7. The van der Waals surface area contributed by atoms with E-state index in [9.17, 15) is 9.90 Å². The van der Waals surface area contributed by atoms with E-state index in [1.807, 2.05) is 30.3 Å². The first kappa shape index (κ1) is 10.5. The first-order chi connectivity index (χ1) is 8.75. The van der Waals surface area contributed by atoms with Gasteiger partial charge in [-0.3, -0.25) is 0 Å². The highest BCUT2D eigenvalue weighted by Crippen LogP contribution is 2.30. The summed E-state index contributed by atoms with van der Waals surface area (Å²) in [4.78, 5) is 18.1. The van der Waals surface area contributed by atoms with Crippen LogP contribution in [0.25, 0.3) is 22.2 Å². The van der Waals surface area contributed by atoms with Gasteiger partial charge in [0, 0.05) is 5.56 Å². The number of phenolic OH excluding ortho intramolecular Hbond substituents is 1. The third-order valence-electron chi connectivity index (χ3n) is 2.78. The molecule has 0 amide bonds. The van der Waals surface area contributed by atoms with E-state index in [1.165, 1.54) is 0 Å². The molecule has 0 atom stereocenters. The van der Waals surface area contributed by atoms with Crippen molar-refractivity contribution >= 4 is 10.9 Å². The minimum Gasteiger partial charge on any atom is -0.507 e. The summed E-state index contributed by atoms with van der Waals surface area (Å²) in [5.74, 6) is 0.107. The number of aromatic nitrogens is 2. The Balaban J connectivity index is 2.45. The molecule has 2 aromatic carbocycles. The molecule has 4 heteroatoms. The molecule has 3 aromatic rings. The second-order valence-corrected chi connectivity index (χ2v) is 3.96. The number of aromatic hydroxyl groups is 1. The van der Waals surface area contributed by atoms with Gasteiger partial charge in [0.2, 0.25) is 0 Å². The average Bonchev–Trinajstić information content (AvgIpc) is 2.39. The molecule has 0 saturated heterocycles. The Morgan fingerprint density at radius 3 is 2.56 bits per heavy atom. The zero-order valence-electron chi connectivity index (χ0n) is 9.42. The summed E-state index contributed by atoms with van der Waals surface area (Å²) in [7, 11) is 0. The Morgan fingerprint density at radius 1 is 1.00 bits per heavy atom. The lowest BCUT2D eigenvalue weighted by Crippen LogP contribution is -2.11. The number of fused-ring (bicyclic) bond motifs is 1. The van der Waals surface area contributed by atoms with Gasteiger partial charge in [0.1, 0.15) is 5.75 Å². The maximum absolute atomic E-state index is 11.5. The molecule has 0 aliphatic heterocycles. The molecule has 3 rings (SSSR count). The van der Waals surface area contributed by atoms with Crippen molar-refractivity contribution in [3.8, 4) is 17.0 Å². The summed E-state index contributed by atoms with van der Waals surface area (Å²) in [6, 6.07) is 14.3. The van der Waals surface area contributed by atoms with Crippen molar-refractivity contribution in [1.29, 1.82) is 0 Å². The van der Waals surface area contributed by atoms with Gasteiger partial charge in [0.15, 0.2) is 0 Å². The third kappa shape index (κ3) is 1.64. The van der Waals surface area contributed by atoms with E-state index in [0.717, 1.165) is 5.56 Å². The molecule has 0 spiro atoms. The first-order valence-corrected chi connectivity index (χ1v) is 5.53. The van der Waals surface area contributed by atoms with Crippen LogP contribution in [0.2, 0.25) is 0 Å². The van der Waals surface area contributed by atoms with Crippen LogP contribution < -0.4 is 5.69 Å². The average molecular weight is 238 g/mol. The predicted octanol–water partition coefficient (Wildman–Crippen LogP) is 2.30. The van der Waals surface area contributed by atoms with Crippen LogP contribution in [0.4, 0.5) is 0 Å². The standard InChI is InChI=1S/C14H10N2O2/c17-11-8-4-7-10-12(11)13(16-14(18)15-10)9-5-2-1-3-6-9/h1-8,17H,(H,15,16,18). The van der Waals surface area contributed by atoms with Crippen LogP contribution in [0.5, 0.6) is 5.75 Å². The van der Waals surface area contributed by atoms with Crippen LogP contribution in [0.15, 0.2) is 53.3 Å². The number of nitrogens with one attached hydrogen (secondary N) is 1. The number of hydrogen-bond donors (Lipinski definition) is 2. The Hall–Kier alpha value is -2.62. The highest BCUT2D eigenvalue weighted by Gasteiger charge is 2.10. The molecule has 1 aromatic heterocycles. The second-order valence-electron chi connectivity index (χ2n) is 3.96. The minimum atomic E-state index is -0.424. The van der Waals surface area contributed by atoms with Crippen molar-refractivity contribution in [3.63, 3.8) is 0 Å². The van der Waals surface area contributed by atoms with Gasteiger partial charge in [0.05, 0.1) is 16.6 Å². The summed E-state index contributed by atoms with van der Waals surface area (Å²) in [6.07, 6.45) is 0. The molecule has 0 bridgehead atoms. The third-order valence-corrected chi connectivity index (χ3v) is 2.78. The van der Waals surface area contributed by atoms with E-state index in [0.29, 0.717) is 16.6 Å². The minimum absolute atomic E-state index is 0.107. The van der Waals surface area contributed by atoms with E-state index >= 15 is 0 Å². The number of hydrogen-bond acceptors (Lipinski definition) is 3. The van der Waals surface area contributed by atoms with E-state index in [-0.39, 0.29) is 5.75 Å². The molecule has 0 saturated carbocycles. The monoisotopic (exact) mass is 238 g/mol. The second kappa shape index (κ2) is 4.00. The highest BCUT2D eigenvalue weighted by molar-refractivity contribution is 5.96. The molecule has 0 unspecified atom stereocenters. The molecule has 2 N–H and O–H groups in total. The maximum Gasteiger partial charge on any atom is 0.345 e. The molecule has 4 nitrogen and oxygen atoms in total. The number of rotatable bonds is 1. The summed E-state index contributed by atoms with van der Waals surface area (Å²) >= 11 is 0. The van der Waals surface area contributed by atoms with Crippen molar-refractivity contribution in [2.75, 3.05) is 0 Å². The van der Waals surface area contributed by atoms with Crippen LogP contribution in [0.3, 0.4) is 0 Å². The molecule has 0 fully saturated rings. The van der Waals surface area contributed by atoms with Crippen LogP contribution in [0.1, 0.15) is 0 Å². The molecule has 0 aliphatic rings. The fourth-order valence-corrected chi connectivity index (χ4v) is 2.00. The number of H-pyrrole nitrogens is 1. The molecule has 88 valence electrons. The number of benzene rings is 2. The molecule has 18 heavy (non-hydrogen) atoms. The Morgan fingerprint density at radius 2 is 1.78 bits per heavy atom. The number of aromatic amines is 1. The largest absolute Gasteiger partial charge is 0.507 e. The van der Waals surface area contributed by atoms with Crippen molar-refractivity contribution in [1.82, 2.24) is 9.97 Å². The Kier molecular flexibility index (Phi) is 2.34. The Bertz CT molecular complexity index is 764. The smallest absolute Gasteiger partial charge is 0.345 e. The lowest BCUT2D eigenvalue weighted by atomic mass is 10.1. The zero-order chi connectivity index (χ0) is 12.5. The van der Waals surface area contributed by atoms with E-state index < -0.39 is 5.69 Å². The molecule has 1 heterocycles. The van der Waals surface area contributed by atoms with Gasteiger partial charge in [-0.1, -0.05) is 36.4 Å². The van der Waals surface area contributed by atoms with Crippen molar-refractivity contribution < 1.29 is 5.11 Å². The maximum atomic E-state index is 11.5. The summed E-state index contributed by atoms with van der Waals surface area (Å²) in [5.41, 5.74) is 1.45. The molecular formula is C14H10N2O2. The Labute approximate surface area is 103 Å². The van der Waals surface area contributed by atoms with Gasteiger partial charge >= 0.3 is 5.69 Å². The SMILES string of the molecule is O=c1nc(-c2ccccc2)c2c(O)cccc2[nH]1. The molecular weight excluding hydrogens is 228 g/mol. The van der Waals surface area contributed by atoms with E-state index in [4.69, 9.17) is 0 Å². The van der Waals surface area contributed by atoms with Gasteiger partial charge < -0.3 is 10.1 Å². The van der Waals surface area contributed by atoms with Gasteiger partial charge in [-0.25, -0.2) is 4.79 Å². The van der Waals surface area contributed by atoms with Crippen molar-refractivity contribution in [2.45, 2.75) is 0 Å². The zero-order valence-corrected chi connectivity index (χ0v) is 9.42. The van der Waals surface area contributed by atoms with Gasteiger partial charge in [-0.15, -0.1) is 0 Å². The predicted molar refractivity (Wildman–Crippen MR) is 69.5 cm³/mol. The van der Waals surface area contributed by atoms with Crippen molar-refractivity contribution in [3.05, 3.63) is 59.0 Å². The lowest BCUT2D eigenvalue weighted by molar-refractivity contribution is 0.481. The fraction of sp³-hybridized carbons (Fsp3) is 0. The molecule has 0 aliphatic carbocycles. The van der Waals surface area contributed by atoms with E-state index in [1.54, 1.807) is 18.2 Å². The summed E-state index contributed by atoms with van der Waals surface area (Å²) in [5, 5.41) is 10.5. The molecule has 0 radical (unpaired) electrons.